The maximum atomic E-state index is 10.6. The number of halogens is 1. The minimum Gasteiger partial charge on any atom is -0.480 e. The van der Waals surface area contributed by atoms with Crippen LogP contribution in [0.5, 0.6) is 0 Å². The van der Waals surface area contributed by atoms with Gasteiger partial charge in [-0.1, -0.05) is 0 Å². The second kappa shape index (κ2) is 5.54. The van der Waals surface area contributed by atoms with Crippen molar-refractivity contribution in [3.8, 4) is 0 Å². The summed E-state index contributed by atoms with van der Waals surface area (Å²) in [6.07, 6.45) is 0.0000772. The smallest absolute Gasteiger partial charge is 0.320 e. The Balaban J connectivity index is 0. The number of hydrogen-bond donors (Lipinski definition) is 3. The first-order valence-electron chi connectivity index (χ1n) is 3.10. The Bertz CT molecular complexity index is 192. The van der Waals surface area contributed by atoms with Gasteiger partial charge < -0.3 is 15.7 Å². The largest absolute Gasteiger partial charge is 0.480 e. The highest BCUT2D eigenvalue weighted by molar-refractivity contribution is 7.57. The van der Waals surface area contributed by atoms with E-state index in [1.807, 2.05) is 0 Å². The zero-order chi connectivity index (χ0) is 9.07. The van der Waals surface area contributed by atoms with Gasteiger partial charge in [0.2, 0.25) is 0 Å². The molecule has 0 aliphatic carbocycles. The first kappa shape index (κ1) is 14.4. The highest BCUT2D eigenvalue weighted by Crippen LogP contribution is 2.35. The quantitative estimate of drug-likeness (QED) is 0.581. The zero-order valence-electron chi connectivity index (χ0n) is 6.64. The van der Waals surface area contributed by atoms with Gasteiger partial charge in [-0.2, -0.15) is 0 Å². The van der Waals surface area contributed by atoms with Crippen LogP contribution in [0, 0.1) is 0 Å². The van der Waals surface area contributed by atoms with Gasteiger partial charge in [-0.3, -0.25) is 9.36 Å². The Labute approximate surface area is 76.8 Å². The van der Waals surface area contributed by atoms with E-state index in [2.05, 4.69) is 0 Å². The summed E-state index contributed by atoms with van der Waals surface area (Å²) in [4.78, 5) is 18.9. The molecule has 0 bridgehead atoms. The second-order valence-electron chi connectivity index (χ2n) is 2.51. The van der Waals surface area contributed by atoms with Crippen LogP contribution in [0.4, 0.5) is 0 Å². The molecule has 12 heavy (non-hydrogen) atoms. The third kappa shape index (κ3) is 8.01. The van der Waals surface area contributed by atoms with E-state index < -0.39 is 19.4 Å². The lowest BCUT2D eigenvalue weighted by Crippen LogP contribution is -2.30. The van der Waals surface area contributed by atoms with E-state index in [-0.39, 0.29) is 25.0 Å². The van der Waals surface area contributed by atoms with Crippen LogP contribution in [-0.4, -0.2) is 34.8 Å². The van der Waals surface area contributed by atoms with Crippen molar-refractivity contribution in [3.63, 3.8) is 0 Å². The maximum absolute atomic E-state index is 10.6. The standard InChI is InChI=1S/C5H12NO4P.ClH/c1-11(9,10)3-2-4(6)5(7)8;/h4H,2-3,6H2,1H3,(H,7,8)(H,9,10);1H/t4-;/m1./s1. The molecule has 0 aromatic rings. The third-order valence-electron chi connectivity index (χ3n) is 1.17. The van der Waals surface area contributed by atoms with Crippen LogP contribution >= 0.6 is 19.8 Å². The number of carboxylic acid groups (broad SMARTS) is 1. The van der Waals surface area contributed by atoms with Crippen molar-refractivity contribution < 1.29 is 19.4 Å². The molecule has 0 heterocycles. The Morgan fingerprint density at radius 1 is 1.67 bits per heavy atom. The van der Waals surface area contributed by atoms with Crippen molar-refractivity contribution in [3.05, 3.63) is 0 Å². The van der Waals surface area contributed by atoms with Gasteiger partial charge in [-0.15, -0.1) is 12.4 Å². The average Bonchev–Trinajstić information content (AvgIpc) is 1.80. The molecule has 0 aromatic carbocycles. The molecule has 0 rings (SSSR count). The molecule has 7 heteroatoms. The van der Waals surface area contributed by atoms with E-state index in [1.165, 1.54) is 6.66 Å². The molecule has 4 N–H and O–H groups in total. The van der Waals surface area contributed by atoms with Gasteiger partial charge >= 0.3 is 5.97 Å². The van der Waals surface area contributed by atoms with Gasteiger partial charge in [0, 0.05) is 12.8 Å². The number of rotatable bonds is 4. The summed E-state index contributed by atoms with van der Waals surface area (Å²) in [6.45, 7) is 1.18. The van der Waals surface area contributed by atoms with Crippen molar-refractivity contribution in [2.45, 2.75) is 12.5 Å². The fraction of sp³-hybridized carbons (Fsp3) is 0.800. The first-order chi connectivity index (χ1) is 4.83. The summed E-state index contributed by atoms with van der Waals surface area (Å²) in [6, 6.07) is -1.03. The fourth-order valence-electron chi connectivity index (χ4n) is 0.502. The zero-order valence-corrected chi connectivity index (χ0v) is 8.35. The summed E-state index contributed by atoms with van der Waals surface area (Å²) >= 11 is 0. The first-order valence-corrected chi connectivity index (χ1v) is 5.40. The molecule has 0 amide bonds. The van der Waals surface area contributed by atoms with Gasteiger partial charge in [-0.25, -0.2) is 0 Å². The molecule has 0 fully saturated rings. The summed E-state index contributed by atoms with van der Waals surface area (Å²) in [5.74, 6) is -1.14. The van der Waals surface area contributed by atoms with Crippen LogP contribution in [0.1, 0.15) is 6.42 Å². The van der Waals surface area contributed by atoms with Gasteiger partial charge in [-0.05, 0) is 6.42 Å². The molecule has 0 spiro atoms. The highest BCUT2D eigenvalue weighted by atomic mass is 35.5. The van der Waals surface area contributed by atoms with Crippen molar-refractivity contribution in [1.82, 2.24) is 0 Å². The van der Waals surface area contributed by atoms with Crippen LogP contribution < -0.4 is 5.73 Å². The summed E-state index contributed by atoms with van der Waals surface area (Å²) in [5, 5.41) is 8.28. The van der Waals surface area contributed by atoms with Crippen LogP contribution in [0.2, 0.25) is 0 Å². The Hall–Kier alpha value is -0.0900. The lowest BCUT2D eigenvalue weighted by atomic mass is 10.2. The minimum atomic E-state index is -3.10. The monoisotopic (exact) mass is 217 g/mol. The summed E-state index contributed by atoms with van der Waals surface area (Å²) in [5.41, 5.74) is 5.09. The van der Waals surface area contributed by atoms with E-state index in [0.717, 1.165) is 0 Å². The van der Waals surface area contributed by atoms with Crippen LogP contribution in [-0.2, 0) is 9.36 Å². The molecule has 0 radical (unpaired) electrons. The van der Waals surface area contributed by atoms with Gasteiger partial charge in [0.1, 0.15) is 6.04 Å². The molecule has 2 atom stereocenters. The fourth-order valence-corrected chi connectivity index (χ4v) is 1.26. The van der Waals surface area contributed by atoms with Crippen LogP contribution in [0.3, 0.4) is 0 Å². The van der Waals surface area contributed by atoms with Crippen molar-refractivity contribution >= 4 is 25.7 Å². The molecule has 0 aliphatic heterocycles. The highest BCUT2D eigenvalue weighted by Gasteiger charge is 2.16. The average molecular weight is 218 g/mol. The predicted octanol–water partition coefficient (Wildman–Crippen LogP) is 0.110. The molecular weight excluding hydrogens is 204 g/mol. The Kier molecular flexibility index (Phi) is 6.66. The number of hydrogen-bond acceptors (Lipinski definition) is 3. The predicted molar refractivity (Wildman–Crippen MR) is 48.1 cm³/mol. The molecular formula is C5H13ClNO4P. The molecule has 0 saturated carbocycles. The molecule has 74 valence electrons. The van der Waals surface area contributed by atoms with Crippen LogP contribution in [0.15, 0.2) is 0 Å². The van der Waals surface area contributed by atoms with E-state index in [1.54, 1.807) is 0 Å². The number of carboxylic acids is 1. The second-order valence-corrected chi connectivity index (χ2v) is 5.06. The van der Waals surface area contributed by atoms with Gasteiger partial charge in [0.15, 0.2) is 7.37 Å². The van der Waals surface area contributed by atoms with Crippen molar-refractivity contribution in [2.24, 2.45) is 5.73 Å². The summed E-state index contributed by atoms with van der Waals surface area (Å²) < 4.78 is 10.6. The SMILES string of the molecule is CP(=O)(O)CC[C@@H](N)C(=O)O.Cl. The molecule has 0 aromatic heterocycles. The number of aliphatic carboxylic acids is 1. The molecule has 0 aliphatic rings. The van der Waals surface area contributed by atoms with Crippen molar-refractivity contribution in [1.29, 1.82) is 0 Å². The Morgan fingerprint density at radius 3 is 2.33 bits per heavy atom. The van der Waals surface area contributed by atoms with E-state index in [0.29, 0.717) is 0 Å². The van der Waals surface area contributed by atoms with Crippen molar-refractivity contribution in [2.75, 3.05) is 12.8 Å². The van der Waals surface area contributed by atoms with E-state index in [4.69, 9.17) is 15.7 Å². The topological polar surface area (TPSA) is 101 Å². The number of carbonyl (C=O) groups is 1. The normalized spacial score (nSPS) is 17.2. The summed E-state index contributed by atoms with van der Waals surface area (Å²) in [7, 11) is -3.10. The lowest BCUT2D eigenvalue weighted by molar-refractivity contribution is -0.138. The van der Waals surface area contributed by atoms with Gasteiger partial charge in [0.05, 0.1) is 0 Å². The molecule has 0 saturated heterocycles. The van der Waals surface area contributed by atoms with E-state index in [9.17, 15) is 9.36 Å². The minimum absolute atomic E-state index is 0. The maximum Gasteiger partial charge on any atom is 0.320 e. The Morgan fingerprint density at radius 2 is 2.08 bits per heavy atom. The van der Waals surface area contributed by atoms with Crippen LogP contribution in [0.25, 0.3) is 0 Å². The molecule has 5 nitrogen and oxygen atoms in total. The van der Waals surface area contributed by atoms with Gasteiger partial charge in [0.25, 0.3) is 0 Å². The van der Waals surface area contributed by atoms with E-state index >= 15 is 0 Å². The molecule has 1 unspecified atom stereocenters. The third-order valence-corrected chi connectivity index (χ3v) is 2.26. The lowest BCUT2D eigenvalue weighted by Gasteiger charge is -2.07. The number of nitrogens with two attached hydrogens (primary N) is 1.